The lowest BCUT2D eigenvalue weighted by atomic mass is 10.2. The standard InChI is InChI=1S/C18H18ClN3O2/c1-22(11-14-9-15(19)5-8-17(14)24-2)12-18(23)21-16-6-3-13(10-20)4-7-16/h3-9H,11-12H2,1-2H3,(H,21,23). The van der Waals surface area contributed by atoms with E-state index in [4.69, 9.17) is 21.6 Å². The number of halogens is 1. The number of nitriles is 1. The van der Waals surface area contributed by atoms with E-state index in [0.29, 0.717) is 22.8 Å². The number of rotatable bonds is 6. The zero-order valence-electron chi connectivity index (χ0n) is 13.5. The molecular formula is C18H18ClN3O2. The lowest BCUT2D eigenvalue weighted by Gasteiger charge is -2.18. The van der Waals surface area contributed by atoms with Crippen molar-refractivity contribution < 1.29 is 9.53 Å². The molecule has 0 atom stereocenters. The third-order valence-corrected chi connectivity index (χ3v) is 3.63. The van der Waals surface area contributed by atoms with Crippen LogP contribution >= 0.6 is 11.6 Å². The second kappa shape index (κ2) is 8.34. The molecule has 2 aromatic rings. The summed E-state index contributed by atoms with van der Waals surface area (Å²) in [5.74, 6) is 0.599. The molecule has 124 valence electrons. The van der Waals surface area contributed by atoms with Gasteiger partial charge >= 0.3 is 0 Å². The average Bonchev–Trinajstić information content (AvgIpc) is 2.55. The molecule has 0 aliphatic heterocycles. The summed E-state index contributed by atoms with van der Waals surface area (Å²) >= 11 is 6.02. The Balaban J connectivity index is 1.94. The molecule has 0 saturated heterocycles. The van der Waals surface area contributed by atoms with Gasteiger partial charge in [-0.05, 0) is 49.5 Å². The number of ether oxygens (including phenoxy) is 1. The molecule has 5 nitrogen and oxygen atoms in total. The number of methoxy groups -OCH3 is 1. The van der Waals surface area contributed by atoms with Crippen LogP contribution in [0.2, 0.25) is 5.02 Å². The lowest BCUT2D eigenvalue weighted by Crippen LogP contribution is -2.30. The molecule has 6 heteroatoms. The molecule has 0 heterocycles. The van der Waals surface area contributed by atoms with Crippen LogP contribution in [0.3, 0.4) is 0 Å². The number of hydrogen-bond donors (Lipinski definition) is 1. The SMILES string of the molecule is COc1ccc(Cl)cc1CN(C)CC(=O)Nc1ccc(C#N)cc1. The van der Waals surface area contributed by atoms with Gasteiger partial charge in [0.05, 0.1) is 25.3 Å². The maximum atomic E-state index is 12.1. The van der Waals surface area contributed by atoms with E-state index in [0.717, 1.165) is 11.3 Å². The van der Waals surface area contributed by atoms with Crippen molar-refractivity contribution in [3.05, 3.63) is 58.6 Å². The number of amides is 1. The topological polar surface area (TPSA) is 65.4 Å². The molecular weight excluding hydrogens is 326 g/mol. The number of anilines is 1. The number of hydrogen-bond acceptors (Lipinski definition) is 4. The zero-order valence-corrected chi connectivity index (χ0v) is 14.3. The molecule has 0 aliphatic carbocycles. The Hall–Kier alpha value is -2.55. The zero-order chi connectivity index (χ0) is 17.5. The molecule has 1 amide bonds. The van der Waals surface area contributed by atoms with E-state index in [1.807, 2.05) is 30.1 Å². The Kier molecular flexibility index (Phi) is 6.19. The quantitative estimate of drug-likeness (QED) is 0.874. The van der Waals surface area contributed by atoms with Crippen LogP contribution in [0.4, 0.5) is 5.69 Å². The molecule has 0 saturated carbocycles. The highest BCUT2D eigenvalue weighted by atomic mass is 35.5. The average molecular weight is 344 g/mol. The van der Waals surface area contributed by atoms with Gasteiger partial charge in [0.25, 0.3) is 0 Å². The van der Waals surface area contributed by atoms with Crippen LogP contribution in [0.25, 0.3) is 0 Å². The van der Waals surface area contributed by atoms with Crippen molar-refractivity contribution in [3.63, 3.8) is 0 Å². The predicted octanol–water partition coefficient (Wildman–Crippen LogP) is 3.29. The Morgan fingerprint density at radius 1 is 1.29 bits per heavy atom. The summed E-state index contributed by atoms with van der Waals surface area (Å²) in [6, 6.07) is 14.2. The van der Waals surface area contributed by atoms with E-state index in [9.17, 15) is 4.79 Å². The number of carbonyl (C=O) groups is 1. The second-order valence-corrected chi connectivity index (χ2v) is 5.80. The number of likely N-dealkylation sites (N-methyl/N-ethyl adjacent to an activating group) is 1. The van der Waals surface area contributed by atoms with Gasteiger partial charge in [-0.15, -0.1) is 0 Å². The number of nitrogens with zero attached hydrogens (tertiary/aromatic N) is 2. The fourth-order valence-corrected chi connectivity index (χ4v) is 2.49. The predicted molar refractivity (Wildman–Crippen MR) is 94.1 cm³/mol. The highest BCUT2D eigenvalue weighted by Crippen LogP contribution is 2.23. The van der Waals surface area contributed by atoms with Gasteiger partial charge in [0.1, 0.15) is 5.75 Å². The smallest absolute Gasteiger partial charge is 0.238 e. The molecule has 0 unspecified atom stereocenters. The first-order valence-electron chi connectivity index (χ1n) is 7.33. The van der Waals surface area contributed by atoms with Crippen LogP contribution < -0.4 is 10.1 Å². The van der Waals surface area contributed by atoms with Crippen molar-refractivity contribution in [2.24, 2.45) is 0 Å². The third-order valence-electron chi connectivity index (χ3n) is 3.39. The molecule has 0 radical (unpaired) electrons. The molecule has 0 fully saturated rings. The Bertz CT molecular complexity index is 754. The lowest BCUT2D eigenvalue weighted by molar-refractivity contribution is -0.117. The van der Waals surface area contributed by atoms with Gasteiger partial charge in [-0.1, -0.05) is 11.6 Å². The van der Waals surface area contributed by atoms with Crippen molar-refractivity contribution in [1.82, 2.24) is 4.90 Å². The largest absolute Gasteiger partial charge is 0.496 e. The van der Waals surface area contributed by atoms with E-state index < -0.39 is 0 Å². The summed E-state index contributed by atoms with van der Waals surface area (Å²) in [6.45, 7) is 0.750. The van der Waals surface area contributed by atoms with E-state index in [1.54, 1.807) is 37.4 Å². The molecule has 1 N–H and O–H groups in total. The number of benzene rings is 2. The first-order chi connectivity index (χ1) is 11.5. The minimum absolute atomic E-state index is 0.136. The highest BCUT2D eigenvalue weighted by molar-refractivity contribution is 6.30. The van der Waals surface area contributed by atoms with Crippen molar-refractivity contribution in [1.29, 1.82) is 5.26 Å². The summed E-state index contributed by atoms with van der Waals surface area (Å²) in [7, 11) is 3.45. The van der Waals surface area contributed by atoms with Crippen LogP contribution in [0.5, 0.6) is 5.75 Å². The molecule has 0 aromatic heterocycles. The highest BCUT2D eigenvalue weighted by Gasteiger charge is 2.11. The van der Waals surface area contributed by atoms with Gasteiger partial charge in [-0.2, -0.15) is 5.26 Å². The van der Waals surface area contributed by atoms with Gasteiger partial charge in [0.15, 0.2) is 0 Å². The summed E-state index contributed by atoms with van der Waals surface area (Å²) < 4.78 is 5.31. The van der Waals surface area contributed by atoms with Crippen LogP contribution in [0.1, 0.15) is 11.1 Å². The minimum Gasteiger partial charge on any atom is -0.496 e. The molecule has 0 aliphatic rings. The number of nitrogens with one attached hydrogen (secondary N) is 1. The first-order valence-corrected chi connectivity index (χ1v) is 7.70. The van der Waals surface area contributed by atoms with Crippen molar-refractivity contribution >= 4 is 23.2 Å². The summed E-state index contributed by atoms with van der Waals surface area (Å²) in [5.41, 5.74) is 2.13. The second-order valence-electron chi connectivity index (χ2n) is 5.37. The van der Waals surface area contributed by atoms with E-state index in [1.165, 1.54) is 0 Å². The van der Waals surface area contributed by atoms with E-state index in [-0.39, 0.29) is 12.5 Å². The van der Waals surface area contributed by atoms with Crippen molar-refractivity contribution in [3.8, 4) is 11.8 Å². The summed E-state index contributed by atoms with van der Waals surface area (Å²) in [4.78, 5) is 14.0. The molecule has 0 spiro atoms. The summed E-state index contributed by atoms with van der Waals surface area (Å²) in [5, 5.41) is 12.2. The molecule has 24 heavy (non-hydrogen) atoms. The Labute approximate surface area is 146 Å². The van der Waals surface area contributed by atoms with E-state index >= 15 is 0 Å². The fourth-order valence-electron chi connectivity index (χ4n) is 2.29. The number of carbonyl (C=O) groups excluding carboxylic acids is 1. The van der Waals surface area contributed by atoms with Gasteiger partial charge in [-0.3, -0.25) is 9.69 Å². The van der Waals surface area contributed by atoms with Gasteiger partial charge < -0.3 is 10.1 Å². The summed E-state index contributed by atoms with van der Waals surface area (Å²) in [6.07, 6.45) is 0. The van der Waals surface area contributed by atoms with Crippen LogP contribution in [-0.4, -0.2) is 31.5 Å². The maximum absolute atomic E-state index is 12.1. The van der Waals surface area contributed by atoms with E-state index in [2.05, 4.69) is 5.32 Å². The molecule has 2 aromatic carbocycles. The molecule has 2 rings (SSSR count). The van der Waals surface area contributed by atoms with Gasteiger partial charge in [0, 0.05) is 22.8 Å². The Morgan fingerprint density at radius 3 is 2.62 bits per heavy atom. The molecule has 0 bridgehead atoms. The van der Waals surface area contributed by atoms with Gasteiger partial charge in [-0.25, -0.2) is 0 Å². The maximum Gasteiger partial charge on any atom is 0.238 e. The van der Waals surface area contributed by atoms with Gasteiger partial charge in [0.2, 0.25) is 5.91 Å². The minimum atomic E-state index is -0.136. The van der Waals surface area contributed by atoms with Crippen molar-refractivity contribution in [2.75, 3.05) is 26.0 Å². The monoisotopic (exact) mass is 343 g/mol. The van der Waals surface area contributed by atoms with Crippen LogP contribution in [0.15, 0.2) is 42.5 Å². The third kappa shape index (κ3) is 4.98. The first kappa shape index (κ1) is 17.8. The van der Waals surface area contributed by atoms with Crippen molar-refractivity contribution in [2.45, 2.75) is 6.54 Å². The normalized spacial score (nSPS) is 10.3. The van der Waals surface area contributed by atoms with Crippen LogP contribution in [-0.2, 0) is 11.3 Å². The van der Waals surface area contributed by atoms with Crippen LogP contribution in [0, 0.1) is 11.3 Å². The Morgan fingerprint density at radius 2 is 2.00 bits per heavy atom. The fraction of sp³-hybridized carbons (Fsp3) is 0.222.